The second-order valence-corrected chi connectivity index (χ2v) is 7.64. The van der Waals surface area contributed by atoms with Crippen molar-refractivity contribution in [2.75, 3.05) is 0 Å². The number of nitrogens with zero attached hydrogens (tertiary/aromatic N) is 2. The van der Waals surface area contributed by atoms with Gasteiger partial charge in [-0.25, -0.2) is 9.40 Å². The molecule has 2 aliphatic rings. The van der Waals surface area contributed by atoms with Crippen molar-refractivity contribution >= 4 is 21.6 Å². The Kier molecular flexibility index (Phi) is 3.97. The molecule has 0 saturated carbocycles. The molecule has 2 heterocycles. The zero-order chi connectivity index (χ0) is 18.4. The maximum atomic E-state index is 13.8. The van der Waals surface area contributed by atoms with E-state index in [1.54, 1.807) is 6.07 Å². The standard InChI is InChI=1S/C22H16BrFN2O/c23-16-9-10-21-18(12-16)20-13-19(14-5-2-1-3-6-14)25-26(20)22(27-21)15-7-4-8-17(24)11-15/h1-12,20,22H,13H2. The minimum Gasteiger partial charge on any atom is -0.464 e. The Bertz CT molecular complexity index is 1040. The molecule has 2 unspecified atom stereocenters. The topological polar surface area (TPSA) is 24.8 Å². The lowest BCUT2D eigenvalue weighted by molar-refractivity contribution is -0.0192. The predicted octanol–water partition coefficient (Wildman–Crippen LogP) is 5.83. The van der Waals surface area contributed by atoms with Crippen LogP contribution in [-0.2, 0) is 0 Å². The number of benzene rings is 3. The fourth-order valence-corrected chi connectivity index (χ4v) is 4.12. The van der Waals surface area contributed by atoms with Crippen molar-refractivity contribution in [3.05, 3.63) is 99.8 Å². The maximum absolute atomic E-state index is 13.8. The summed E-state index contributed by atoms with van der Waals surface area (Å²) in [6.07, 6.45) is 0.323. The number of rotatable bonds is 2. The Hall–Kier alpha value is -2.66. The van der Waals surface area contributed by atoms with Crippen molar-refractivity contribution in [1.82, 2.24) is 5.01 Å². The average Bonchev–Trinajstić information content (AvgIpc) is 3.14. The van der Waals surface area contributed by atoms with Gasteiger partial charge in [0.2, 0.25) is 6.23 Å². The minimum absolute atomic E-state index is 0.0507. The molecule has 0 aromatic heterocycles. The van der Waals surface area contributed by atoms with E-state index in [1.807, 2.05) is 41.4 Å². The monoisotopic (exact) mass is 422 g/mol. The molecular weight excluding hydrogens is 407 g/mol. The second kappa shape index (κ2) is 6.50. The van der Waals surface area contributed by atoms with Crippen LogP contribution < -0.4 is 4.74 Å². The van der Waals surface area contributed by atoms with Crippen LogP contribution in [-0.4, -0.2) is 10.7 Å². The fourth-order valence-electron chi connectivity index (χ4n) is 3.74. The van der Waals surface area contributed by atoms with Gasteiger partial charge in [0.05, 0.1) is 11.8 Å². The van der Waals surface area contributed by atoms with Crippen molar-refractivity contribution in [1.29, 1.82) is 0 Å². The molecule has 3 nitrogen and oxygen atoms in total. The summed E-state index contributed by atoms with van der Waals surface area (Å²) < 4.78 is 21.1. The van der Waals surface area contributed by atoms with Gasteiger partial charge in [0.1, 0.15) is 11.6 Å². The summed E-state index contributed by atoms with van der Waals surface area (Å²) in [6, 6.07) is 22.8. The normalized spacial score (nSPS) is 20.5. The third-order valence-electron chi connectivity index (χ3n) is 4.99. The summed E-state index contributed by atoms with van der Waals surface area (Å²) in [5, 5.41) is 6.85. The molecule has 0 spiro atoms. The van der Waals surface area contributed by atoms with Gasteiger partial charge in [0.15, 0.2) is 0 Å². The first-order chi connectivity index (χ1) is 13.2. The lowest BCUT2D eigenvalue weighted by atomic mass is 9.96. The van der Waals surface area contributed by atoms with Crippen molar-refractivity contribution in [2.24, 2.45) is 5.10 Å². The predicted molar refractivity (Wildman–Crippen MR) is 106 cm³/mol. The molecule has 5 rings (SSSR count). The third kappa shape index (κ3) is 2.92. The van der Waals surface area contributed by atoms with E-state index in [0.29, 0.717) is 0 Å². The fraction of sp³-hybridized carbons (Fsp3) is 0.136. The van der Waals surface area contributed by atoms with Crippen LogP contribution in [0.15, 0.2) is 82.4 Å². The van der Waals surface area contributed by atoms with E-state index in [0.717, 1.165) is 39.0 Å². The molecule has 0 bridgehead atoms. The van der Waals surface area contributed by atoms with Crippen LogP contribution >= 0.6 is 15.9 Å². The summed E-state index contributed by atoms with van der Waals surface area (Å²) in [4.78, 5) is 0. The molecular formula is C22H16BrFN2O. The number of hydrogen-bond donors (Lipinski definition) is 0. The minimum atomic E-state index is -0.458. The highest BCUT2D eigenvalue weighted by atomic mass is 79.9. The van der Waals surface area contributed by atoms with Crippen LogP contribution in [0.3, 0.4) is 0 Å². The molecule has 5 heteroatoms. The zero-order valence-corrected chi connectivity index (χ0v) is 15.9. The van der Waals surface area contributed by atoms with Gasteiger partial charge in [-0.3, -0.25) is 0 Å². The zero-order valence-electron chi connectivity index (χ0n) is 14.3. The highest BCUT2D eigenvalue weighted by molar-refractivity contribution is 9.10. The largest absolute Gasteiger partial charge is 0.464 e. The van der Waals surface area contributed by atoms with Crippen LogP contribution in [0.25, 0.3) is 0 Å². The maximum Gasteiger partial charge on any atom is 0.213 e. The Morgan fingerprint density at radius 1 is 1.00 bits per heavy atom. The molecule has 134 valence electrons. The summed E-state index contributed by atoms with van der Waals surface area (Å²) in [6.45, 7) is 0. The average molecular weight is 423 g/mol. The molecule has 3 aromatic rings. The molecule has 0 radical (unpaired) electrons. The lowest BCUT2D eigenvalue weighted by Crippen LogP contribution is -2.33. The molecule has 0 saturated heterocycles. The Balaban J connectivity index is 1.62. The van der Waals surface area contributed by atoms with E-state index >= 15 is 0 Å². The van der Waals surface area contributed by atoms with Gasteiger partial charge < -0.3 is 4.74 Å². The Morgan fingerprint density at radius 2 is 1.85 bits per heavy atom. The number of hydrogen-bond acceptors (Lipinski definition) is 3. The van der Waals surface area contributed by atoms with Gasteiger partial charge in [-0.1, -0.05) is 58.4 Å². The number of fused-ring (bicyclic) bond motifs is 3. The van der Waals surface area contributed by atoms with E-state index in [1.165, 1.54) is 12.1 Å². The highest BCUT2D eigenvalue weighted by Gasteiger charge is 2.41. The summed E-state index contributed by atoms with van der Waals surface area (Å²) in [5.41, 5.74) is 3.96. The SMILES string of the molecule is Fc1cccc(C2Oc3ccc(Br)cc3C3CC(c4ccccc4)=NN32)c1. The third-order valence-corrected chi connectivity index (χ3v) is 5.49. The summed E-state index contributed by atoms with van der Waals surface area (Å²) >= 11 is 3.56. The number of ether oxygens (including phenoxy) is 1. The highest BCUT2D eigenvalue weighted by Crippen LogP contribution is 2.48. The van der Waals surface area contributed by atoms with Crippen LogP contribution in [0.4, 0.5) is 4.39 Å². The second-order valence-electron chi connectivity index (χ2n) is 6.72. The lowest BCUT2D eigenvalue weighted by Gasteiger charge is -2.38. The molecule has 0 amide bonds. The van der Waals surface area contributed by atoms with Gasteiger partial charge >= 0.3 is 0 Å². The van der Waals surface area contributed by atoms with E-state index in [-0.39, 0.29) is 11.9 Å². The van der Waals surface area contributed by atoms with Crippen molar-refractivity contribution in [3.8, 4) is 5.75 Å². The molecule has 0 fully saturated rings. The first-order valence-corrected chi connectivity index (χ1v) is 9.61. The van der Waals surface area contributed by atoms with E-state index < -0.39 is 6.23 Å². The molecule has 0 N–H and O–H groups in total. The first kappa shape index (κ1) is 16.5. The Labute approximate surface area is 165 Å². The smallest absolute Gasteiger partial charge is 0.213 e. The molecule has 3 aromatic carbocycles. The first-order valence-electron chi connectivity index (χ1n) is 8.82. The number of hydrazone groups is 1. The van der Waals surface area contributed by atoms with Crippen molar-refractivity contribution in [3.63, 3.8) is 0 Å². The molecule has 2 atom stereocenters. The quantitative estimate of drug-likeness (QED) is 0.518. The van der Waals surface area contributed by atoms with E-state index in [4.69, 9.17) is 9.84 Å². The van der Waals surface area contributed by atoms with Gasteiger partial charge in [-0.15, -0.1) is 0 Å². The molecule has 2 aliphatic heterocycles. The van der Waals surface area contributed by atoms with Crippen LogP contribution in [0, 0.1) is 5.82 Å². The summed E-state index contributed by atoms with van der Waals surface area (Å²) in [7, 11) is 0. The van der Waals surface area contributed by atoms with E-state index in [9.17, 15) is 4.39 Å². The van der Waals surface area contributed by atoms with Crippen molar-refractivity contribution in [2.45, 2.75) is 18.7 Å². The van der Waals surface area contributed by atoms with E-state index in [2.05, 4.69) is 34.1 Å². The van der Waals surface area contributed by atoms with Crippen LogP contribution in [0.2, 0.25) is 0 Å². The van der Waals surface area contributed by atoms with Crippen LogP contribution in [0.1, 0.15) is 35.4 Å². The molecule has 0 aliphatic carbocycles. The van der Waals surface area contributed by atoms with Gasteiger partial charge in [0, 0.05) is 22.0 Å². The van der Waals surface area contributed by atoms with Gasteiger partial charge in [-0.05, 0) is 35.9 Å². The number of halogens is 2. The van der Waals surface area contributed by atoms with Crippen LogP contribution in [0.5, 0.6) is 5.75 Å². The van der Waals surface area contributed by atoms with Gasteiger partial charge in [-0.2, -0.15) is 5.10 Å². The van der Waals surface area contributed by atoms with Gasteiger partial charge in [0.25, 0.3) is 0 Å². The summed E-state index contributed by atoms with van der Waals surface area (Å²) in [5.74, 6) is 0.541. The Morgan fingerprint density at radius 3 is 2.67 bits per heavy atom. The van der Waals surface area contributed by atoms with Crippen molar-refractivity contribution < 1.29 is 9.13 Å². The molecule has 27 heavy (non-hydrogen) atoms.